The lowest BCUT2D eigenvalue weighted by molar-refractivity contribution is 0.747. The maximum atomic E-state index is 3.97. The molecule has 0 saturated carbocycles. The molecular formula is C22H36. The summed E-state index contributed by atoms with van der Waals surface area (Å²) in [6.45, 7) is 26.2. The van der Waals surface area contributed by atoms with Gasteiger partial charge in [-0.05, 0) is 55.7 Å². The Morgan fingerprint density at radius 2 is 1.64 bits per heavy atom. The number of fused-ring (bicyclic) bond motifs is 1. The van der Waals surface area contributed by atoms with Gasteiger partial charge < -0.3 is 0 Å². The van der Waals surface area contributed by atoms with Crippen molar-refractivity contribution in [2.75, 3.05) is 0 Å². The van der Waals surface area contributed by atoms with Gasteiger partial charge in [0.25, 0.3) is 0 Å². The summed E-state index contributed by atoms with van der Waals surface area (Å²) in [5.74, 6) is 0.758. The Labute approximate surface area is 139 Å². The molecule has 2 rings (SSSR count). The zero-order chi connectivity index (χ0) is 17.7. The van der Waals surface area contributed by atoms with Crippen molar-refractivity contribution in [3.8, 4) is 0 Å². The summed E-state index contributed by atoms with van der Waals surface area (Å²) in [6.07, 6.45) is 3.67. The van der Waals surface area contributed by atoms with Gasteiger partial charge in [-0.25, -0.2) is 0 Å². The minimum Gasteiger partial charge on any atom is -0.106 e. The lowest BCUT2D eigenvalue weighted by Gasteiger charge is -2.06. The van der Waals surface area contributed by atoms with E-state index in [1.807, 2.05) is 20.8 Å². The van der Waals surface area contributed by atoms with Crippen molar-refractivity contribution in [3.05, 3.63) is 66.8 Å². The molecule has 0 bridgehead atoms. The second-order valence-electron chi connectivity index (χ2n) is 5.44. The molecule has 1 aliphatic carbocycles. The number of hydrogen-bond acceptors (Lipinski definition) is 0. The molecule has 124 valence electrons. The van der Waals surface area contributed by atoms with E-state index in [-0.39, 0.29) is 0 Å². The quantitative estimate of drug-likeness (QED) is 0.494. The van der Waals surface area contributed by atoms with Gasteiger partial charge in [-0.2, -0.15) is 0 Å². The molecule has 0 heteroatoms. The van der Waals surface area contributed by atoms with Crippen molar-refractivity contribution in [1.82, 2.24) is 0 Å². The van der Waals surface area contributed by atoms with Gasteiger partial charge in [0.05, 0.1) is 0 Å². The van der Waals surface area contributed by atoms with Crippen molar-refractivity contribution in [3.63, 3.8) is 0 Å². The van der Waals surface area contributed by atoms with Gasteiger partial charge in [-0.1, -0.05) is 63.6 Å². The minimum atomic E-state index is 0.758. The van der Waals surface area contributed by atoms with Crippen LogP contribution in [0.5, 0.6) is 0 Å². The van der Waals surface area contributed by atoms with Gasteiger partial charge in [-0.3, -0.25) is 0 Å². The Kier molecular flexibility index (Phi) is 13.6. The van der Waals surface area contributed by atoms with Crippen molar-refractivity contribution in [1.29, 1.82) is 0 Å². The first kappa shape index (κ1) is 22.7. The summed E-state index contributed by atoms with van der Waals surface area (Å²) in [5, 5.41) is 0. The second-order valence-corrected chi connectivity index (χ2v) is 5.44. The number of aryl methyl sites for hydroxylation is 1. The second kappa shape index (κ2) is 13.1. The molecule has 1 aromatic rings. The van der Waals surface area contributed by atoms with E-state index in [4.69, 9.17) is 0 Å². The van der Waals surface area contributed by atoms with Crippen LogP contribution in [0.15, 0.2) is 50.1 Å². The average molecular weight is 301 g/mol. The van der Waals surface area contributed by atoms with Gasteiger partial charge in [-0.15, -0.1) is 19.7 Å². The smallest absolute Gasteiger partial charge is 0.0184 e. The van der Waals surface area contributed by atoms with E-state index >= 15 is 0 Å². The largest absolute Gasteiger partial charge is 0.106 e. The standard InChI is InChI=1S/C13H16.C5H10.C2H6.C2H4/c1-9(2)11-6-7-13-10(3)4-5-12(13)8-11;1-4-5(2)3;2*1-2/h6-8,10H,1,4-5H2,2-3H3;2,4H2,1,3H3;1-2H3;1-2H2. The van der Waals surface area contributed by atoms with E-state index in [1.54, 1.807) is 5.56 Å². The van der Waals surface area contributed by atoms with E-state index in [0.29, 0.717) is 0 Å². The van der Waals surface area contributed by atoms with Crippen LogP contribution in [0.2, 0.25) is 0 Å². The summed E-state index contributed by atoms with van der Waals surface area (Å²) in [5.41, 5.74) is 6.80. The van der Waals surface area contributed by atoms with Crippen LogP contribution in [0.4, 0.5) is 0 Å². The maximum Gasteiger partial charge on any atom is -0.0184 e. The highest BCUT2D eigenvalue weighted by atomic mass is 14.2. The van der Waals surface area contributed by atoms with Crippen LogP contribution in [0.1, 0.15) is 77.0 Å². The van der Waals surface area contributed by atoms with Crippen LogP contribution in [0.25, 0.3) is 5.57 Å². The van der Waals surface area contributed by atoms with Crippen LogP contribution < -0.4 is 0 Å². The third-order valence-corrected chi connectivity index (χ3v) is 3.62. The van der Waals surface area contributed by atoms with Crippen molar-refractivity contribution in [2.24, 2.45) is 0 Å². The van der Waals surface area contributed by atoms with Gasteiger partial charge in [0.2, 0.25) is 0 Å². The average Bonchev–Trinajstić information content (AvgIpc) is 2.92. The van der Waals surface area contributed by atoms with Crippen LogP contribution in [0, 0.1) is 0 Å². The highest BCUT2D eigenvalue weighted by Gasteiger charge is 2.18. The molecule has 1 aromatic carbocycles. The Balaban J connectivity index is 0. The molecule has 0 aromatic heterocycles. The molecule has 0 heterocycles. The van der Waals surface area contributed by atoms with E-state index in [0.717, 1.165) is 12.3 Å². The number of allylic oxidation sites excluding steroid dienone is 2. The molecule has 22 heavy (non-hydrogen) atoms. The molecule has 0 N–H and O–H groups in total. The van der Waals surface area contributed by atoms with Gasteiger partial charge in [0.15, 0.2) is 0 Å². The van der Waals surface area contributed by atoms with Gasteiger partial charge in [0, 0.05) is 0 Å². The fourth-order valence-corrected chi connectivity index (χ4v) is 2.10. The zero-order valence-electron chi connectivity index (χ0n) is 15.8. The van der Waals surface area contributed by atoms with Crippen molar-refractivity contribution < 1.29 is 0 Å². The molecule has 0 amide bonds. The summed E-state index contributed by atoms with van der Waals surface area (Å²) in [4.78, 5) is 0. The lowest BCUT2D eigenvalue weighted by atomic mass is 9.99. The minimum absolute atomic E-state index is 0.758. The summed E-state index contributed by atoms with van der Waals surface area (Å²) in [7, 11) is 0. The highest BCUT2D eigenvalue weighted by Crippen LogP contribution is 2.33. The third kappa shape index (κ3) is 8.02. The first-order valence-electron chi connectivity index (χ1n) is 8.38. The fourth-order valence-electron chi connectivity index (χ4n) is 2.10. The van der Waals surface area contributed by atoms with Crippen LogP contribution in [0.3, 0.4) is 0 Å². The Morgan fingerprint density at radius 3 is 2.05 bits per heavy atom. The maximum absolute atomic E-state index is 3.97. The SMILES string of the molecule is C=C.C=C(C)CC.C=C(C)c1ccc2c(c1)CCC2C.CC. The molecular weight excluding hydrogens is 264 g/mol. The van der Waals surface area contributed by atoms with Crippen LogP contribution in [-0.2, 0) is 6.42 Å². The summed E-state index contributed by atoms with van der Waals surface area (Å²) >= 11 is 0. The fraction of sp³-hybridized carbons (Fsp3) is 0.455. The lowest BCUT2D eigenvalue weighted by Crippen LogP contribution is -1.87. The Morgan fingerprint density at radius 1 is 1.14 bits per heavy atom. The Bertz CT molecular complexity index is 451. The van der Waals surface area contributed by atoms with Gasteiger partial charge >= 0.3 is 0 Å². The first-order chi connectivity index (χ1) is 10.5. The topological polar surface area (TPSA) is 0 Å². The molecule has 0 fully saturated rings. The van der Waals surface area contributed by atoms with Gasteiger partial charge in [0.1, 0.15) is 0 Å². The molecule has 0 radical (unpaired) electrons. The predicted molar refractivity (Wildman–Crippen MR) is 106 cm³/mol. The van der Waals surface area contributed by atoms with Crippen LogP contribution >= 0.6 is 0 Å². The zero-order valence-corrected chi connectivity index (χ0v) is 15.8. The molecule has 1 unspecified atom stereocenters. The van der Waals surface area contributed by atoms with E-state index < -0.39 is 0 Å². The van der Waals surface area contributed by atoms with E-state index in [1.165, 1.54) is 35.1 Å². The molecule has 0 nitrogen and oxygen atoms in total. The Hall–Kier alpha value is -1.56. The molecule has 0 saturated heterocycles. The van der Waals surface area contributed by atoms with E-state index in [9.17, 15) is 0 Å². The molecule has 1 atom stereocenters. The molecule has 1 aliphatic rings. The monoisotopic (exact) mass is 300 g/mol. The molecule has 0 aliphatic heterocycles. The normalized spacial score (nSPS) is 14.0. The summed E-state index contributed by atoms with van der Waals surface area (Å²) < 4.78 is 0. The first-order valence-corrected chi connectivity index (χ1v) is 8.38. The number of benzene rings is 1. The number of rotatable bonds is 2. The van der Waals surface area contributed by atoms with Crippen molar-refractivity contribution >= 4 is 5.57 Å². The third-order valence-electron chi connectivity index (χ3n) is 3.62. The van der Waals surface area contributed by atoms with E-state index in [2.05, 4.69) is 65.3 Å². The predicted octanol–water partition coefficient (Wildman–Crippen LogP) is 7.57. The van der Waals surface area contributed by atoms with Crippen molar-refractivity contribution in [2.45, 2.75) is 66.7 Å². The summed E-state index contributed by atoms with van der Waals surface area (Å²) in [6, 6.07) is 6.78. The van der Waals surface area contributed by atoms with Crippen LogP contribution in [-0.4, -0.2) is 0 Å². The highest BCUT2D eigenvalue weighted by molar-refractivity contribution is 5.63. The number of hydrogen-bond donors (Lipinski definition) is 0. The molecule has 0 spiro atoms.